The molecule has 1 aliphatic rings. The van der Waals surface area contributed by atoms with Crippen LogP contribution in [0, 0.1) is 5.92 Å². The lowest BCUT2D eigenvalue weighted by atomic mass is 10.1. The first-order chi connectivity index (χ1) is 8.94. The van der Waals surface area contributed by atoms with Crippen molar-refractivity contribution >= 4 is 11.6 Å². The molecular weight excluding hydrogens is 258 g/mol. The van der Waals surface area contributed by atoms with Gasteiger partial charge in [-0.05, 0) is 51.3 Å². The fourth-order valence-corrected chi connectivity index (χ4v) is 2.12. The maximum atomic E-state index is 6.08. The summed E-state index contributed by atoms with van der Waals surface area (Å²) in [6.07, 6.45) is 3.93. The Morgan fingerprint density at radius 2 is 2.05 bits per heavy atom. The predicted octanol–water partition coefficient (Wildman–Crippen LogP) is 4.41. The second kappa shape index (κ2) is 6.15. The van der Waals surface area contributed by atoms with E-state index in [1.807, 2.05) is 18.2 Å². The number of halogens is 1. The summed E-state index contributed by atoms with van der Waals surface area (Å²) < 4.78 is 5.91. The van der Waals surface area contributed by atoms with Gasteiger partial charge in [0.25, 0.3) is 0 Å². The van der Waals surface area contributed by atoms with Crippen LogP contribution in [0.2, 0.25) is 5.02 Å². The van der Waals surface area contributed by atoms with Gasteiger partial charge in [-0.25, -0.2) is 0 Å². The highest BCUT2D eigenvalue weighted by molar-refractivity contribution is 6.30. The van der Waals surface area contributed by atoms with Gasteiger partial charge in [-0.1, -0.05) is 24.4 Å². The molecule has 0 bridgehead atoms. The Morgan fingerprint density at radius 3 is 2.68 bits per heavy atom. The van der Waals surface area contributed by atoms with Crippen LogP contribution in [0.5, 0.6) is 5.75 Å². The number of ether oxygens (including phenoxy) is 1. The van der Waals surface area contributed by atoms with E-state index >= 15 is 0 Å². The van der Waals surface area contributed by atoms with Gasteiger partial charge in [0.05, 0.1) is 6.61 Å². The number of nitrogens with one attached hydrogen (secondary N) is 1. The van der Waals surface area contributed by atoms with E-state index in [1.54, 1.807) is 0 Å². The van der Waals surface area contributed by atoms with Crippen LogP contribution in [0.15, 0.2) is 18.2 Å². The normalized spacial score (nSPS) is 15.6. The fraction of sp³-hybridized carbons (Fsp3) is 0.625. The van der Waals surface area contributed by atoms with Gasteiger partial charge in [-0.3, -0.25) is 0 Å². The van der Waals surface area contributed by atoms with Crippen molar-refractivity contribution in [1.29, 1.82) is 0 Å². The van der Waals surface area contributed by atoms with Crippen molar-refractivity contribution in [2.24, 2.45) is 5.92 Å². The lowest BCUT2D eigenvalue weighted by Gasteiger charge is -2.22. The van der Waals surface area contributed by atoms with E-state index in [0.717, 1.165) is 35.4 Å². The number of rotatable bonds is 6. The third-order valence-corrected chi connectivity index (χ3v) is 3.55. The maximum absolute atomic E-state index is 6.08. The topological polar surface area (TPSA) is 21.3 Å². The molecule has 0 unspecified atom stereocenters. The largest absolute Gasteiger partial charge is 0.493 e. The highest BCUT2D eigenvalue weighted by Crippen LogP contribution is 2.32. The minimum Gasteiger partial charge on any atom is -0.493 e. The van der Waals surface area contributed by atoms with Crippen molar-refractivity contribution in [2.45, 2.75) is 52.1 Å². The first kappa shape index (κ1) is 14.7. The molecule has 0 aromatic heterocycles. The Morgan fingerprint density at radius 1 is 1.32 bits per heavy atom. The molecule has 1 N–H and O–H groups in total. The van der Waals surface area contributed by atoms with Crippen LogP contribution < -0.4 is 10.1 Å². The number of hydrogen-bond donors (Lipinski definition) is 1. The fourth-order valence-electron chi connectivity index (χ4n) is 1.93. The lowest BCUT2D eigenvalue weighted by Crippen LogP contribution is -2.35. The summed E-state index contributed by atoms with van der Waals surface area (Å²) in [6.45, 7) is 8.07. The SMILES string of the molecule is CC(C)(C)NCc1cc(Cl)ccc1OCCC1CC1. The van der Waals surface area contributed by atoms with Gasteiger partial charge in [0, 0.05) is 22.7 Å². The summed E-state index contributed by atoms with van der Waals surface area (Å²) in [5.74, 6) is 1.87. The molecule has 1 saturated carbocycles. The average molecular weight is 282 g/mol. The van der Waals surface area contributed by atoms with E-state index in [0.29, 0.717) is 0 Å². The molecular formula is C16H24ClNO. The molecule has 0 heterocycles. The Balaban J connectivity index is 1.95. The molecule has 0 radical (unpaired) electrons. The first-order valence-electron chi connectivity index (χ1n) is 7.10. The second-order valence-electron chi connectivity index (χ2n) is 6.44. The zero-order valence-corrected chi connectivity index (χ0v) is 12.9. The number of benzene rings is 1. The Hall–Kier alpha value is -0.730. The molecule has 1 aromatic rings. The summed E-state index contributed by atoms with van der Waals surface area (Å²) in [7, 11) is 0. The van der Waals surface area contributed by atoms with Crippen LogP contribution >= 0.6 is 11.6 Å². The zero-order chi connectivity index (χ0) is 13.9. The highest BCUT2D eigenvalue weighted by atomic mass is 35.5. The van der Waals surface area contributed by atoms with Gasteiger partial charge in [0.15, 0.2) is 0 Å². The van der Waals surface area contributed by atoms with Crippen molar-refractivity contribution in [1.82, 2.24) is 5.32 Å². The Kier molecular flexibility index (Phi) is 4.75. The van der Waals surface area contributed by atoms with E-state index < -0.39 is 0 Å². The van der Waals surface area contributed by atoms with Crippen molar-refractivity contribution in [3.8, 4) is 5.75 Å². The van der Waals surface area contributed by atoms with Crippen LogP contribution in [0.3, 0.4) is 0 Å². The summed E-state index contributed by atoms with van der Waals surface area (Å²) >= 11 is 6.08. The molecule has 0 spiro atoms. The molecule has 1 fully saturated rings. The van der Waals surface area contributed by atoms with Crippen LogP contribution in [0.4, 0.5) is 0 Å². The average Bonchev–Trinajstić information content (AvgIpc) is 3.12. The van der Waals surface area contributed by atoms with Gasteiger partial charge in [0.2, 0.25) is 0 Å². The van der Waals surface area contributed by atoms with Crippen LogP contribution in [0.25, 0.3) is 0 Å². The van der Waals surface area contributed by atoms with Crippen LogP contribution in [0.1, 0.15) is 45.6 Å². The van der Waals surface area contributed by atoms with Crippen LogP contribution in [-0.4, -0.2) is 12.1 Å². The molecule has 2 rings (SSSR count). The third-order valence-electron chi connectivity index (χ3n) is 3.31. The van der Waals surface area contributed by atoms with E-state index in [2.05, 4.69) is 26.1 Å². The van der Waals surface area contributed by atoms with E-state index in [1.165, 1.54) is 19.3 Å². The molecule has 19 heavy (non-hydrogen) atoms. The van der Waals surface area contributed by atoms with Crippen LogP contribution in [-0.2, 0) is 6.54 Å². The quantitative estimate of drug-likeness (QED) is 0.834. The van der Waals surface area contributed by atoms with Crippen molar-refractivity contribution < 1.29 is 4.74 Å². The van der Waals surface area contributed by atoms with Crippen molar-refractivity contribution in [3.63, 3.8) is 0 Å². The molecule has 106 valence electrons. The lowest BCUT2D eigenvalue weighted by molar-refractivity contribution is 0.297. The maximum Gasteiger partial charge on any atom is 0.123 e. The number of hydrogen-bond acceptors (Lipinski definition) is 2. The summed E-state index contributed by atoms with van der Waals surface area (Å²) in [4.78, 5) is 0. The first-order valence-corrected chi connectivity index (χ1v) is 7.48. The molecule has 0 aliphatic heterocycles. The molecule has 1 aliphatic carbocycles. The summed E-state index contributed by atoms with van der Waals surface area (Å²) in [6, 6.07) is 5.87. The van der Waals surface area contributed by atoms with Gasteiger partial charge in [-0.15, -0.1) is 0 Å². The van der Waals surface area contributed by atoms with Gasteiger partial charge >= 0.3 is 0 Å². The zero-order valence-electron chi connectivity index (χ0n) is 12.1. The van der Waals surface area contributed by atoms with E-state index in [9.17, 15) is 0 Å². The molecule has 0 amide bonds. The molecule has 0 saturated heterocycles. The Labute approximate surface area is 121 Å². The van der Waals surface area contributed by atoms with E-state index in [-0.39, 0.29) is 5.54 Å². The molecule has 2 nitrogen and oxygen atoms in total. The highest BCUT2D eigenvalue weighted by Gasteiger charge is 2.21. The van der Waals surface area contributed by atoms with Gasteiger partial charge in [-0.2, -0.15) is 0 Å². The Bertz CT molecular complexity index is 421. The second-order valence-corrected chi connectivity index (χ2v) is 6.87. The van der Waals surface area contributed by atoms with Crippen molar-refractivity contribution in [2.75, 3.05) is 6.61 Å². The molecule has 3 heteroatoms. The smallest absolute Gasteiger partial charge is 0.123 e. The van der Waals surface area contributed by atoms with E-state index in [4.69, 9.17) is 16.3 Å². The minimum absolute atomic E-state index is 0.0909. The molecule has 0 atom stereocenters. The summed E-state index contributed by atoms with van der Waals surface area (Å²) in [5.41, 5.74) is 1.23. The van der Waals surface area contributed by atoms with Gasteiger partial charge in [0.1, 0.15) is 5.75 Å². The minimum atomic E-state index is 0.0909. The summed E-state index contributed by atoms with van der Waals surface area (Å²) in [5, 5.41) is 4.24. The molecule has 1 aromatic carbocycles. The standard InChI is InChI=1S/C16H24ClNO/c1-16(2,3)18-11-13-10-14(17)6-7-15(13)19-9-8-12-4-5-12/h6-7,10,12,18H,4-5,8-9,11H2,1-3H3. The van der Waals surface area contributed by atoms with Crippen molar-refractivity contribution in [3.05, 3.63) is 28.8 Å². The predicted molar refractivity (Wildman–Crippen MR) is 80.9 cm³/mol. The monoisotopic (exact) mass is 281 g/mol. The third kappa shape index (κ3) is 5.42. The van der Waals surface area contributed by atoms with Gasteiger partial charge < -0.3 is 10.1 Å².